The highest BCUT2D eigenvalue weighted by Gasteiger charge is 2.32. The summed E-state index contributed by atoms with van der Waals surface area (Å²) in [6.07, 6.45) is 3.47. The van der Waals surface area contributed by atoms with Crippen LogP contribution in [0.4, 0.5) is 5.69 Å². The summed E-state index contributed by atoms with van der Waals surface area (Å²) in [5, 5.41) is 16.5. The first-order valence-corrected chi connectivity index (χ1v) is 28.1. The third-order valence-electron chi connectivity index (χ3n) is 12.3. The molecule has 0 saturated carbocycles. The van der Waals surface area contributed by atoms with Crippen LogP contribution in [0.5, 0.6) is 11.5 Å². The number of carbonyl (C=O) groups is 4. The average Bonchev–Trinajstić information content (AvgIpc) is 3.79. The number of pyridine rings is 1. The zero-order valence-corrected chi connectivity index (χ0v) is 48.7. The molecule has 0 spiro atoms. The van der Waals surface area contributed by atoms with Gasteiger partial charge in [0.2, 0.25) is 17.7 Å². The summed E-state index contributed by atoms with van der Waals surface area (Å²) in [7, 11) is -3.58. The normalized spacial score (nSPS) is 14.6. The Hall–Kier alpha value is -6.84. The molecule has 3 aromatic heterocycles. The molecular weight excluding hydrogens is 1070 g/mol. The molecule has 3 amide bonds. The molecule has 23 heteroatoms. The van der Waals surface area contributed by atoms with Crippen molar-refractivity contribution < 1.29 is 46.7 Å². The molecule has 0 radical (unpaired) electrons. The molecule has 5 aromatic rings. The number of thiophene rings is 2. The van der Waals surface area contributed by atoms with Crippen molar-refractivity contribution in [2.45, 2.75) is 127 Å². The van der Waals surface area contributed by atoms with Crippen LogP contribution in [-0.2, 0) is 57.4 Å². The second-order valence-corrected chi connectivity index (χ2v) is 24.4. The Morgan fingerprint density at radius 3 is 2.01 bits per heavy atom. The number of rotatable bonds is 12. The number of amides is 3. The quantitative estimate of drug-likeness (QED) is 0.0688. The number of sulfonamides is 1. The summed E-state index contributed by atoms with van der Waals surface area (Å²) in [6, 6.07) is 12.7. The second kappa shape index (κ2) is 27.0. The van der Waals surface area contributed by atoms with Gasteiger partial charge in [-0.05, 0) is 124 Å². The summed E-state index contributed by atoms with van der Waals surface area (Å²) in [4.78, 5) is 72.1. The predicted octanol–water partition coefficient (Wildman–Crippen LogP) is 8.17. The van der Waals surface area contributed by atoms with Gasteiger partial charge in [-0.15, -0.1) is 27.1 Å². The van der Waals surface area contributed by atoms with E-state index in [9.17, 15) is 27.6 Å². The van der Waals surface area contributed by atoms with Crippen LogP contribution in [0.15, 0.2) is 51.4 Å². The van der Waals surface area contributed by atoms with Crippen LogP contribution in [-0.4, -0.2) is 79.8 Å². The zero-order chi connectivity index (χ0) is 57.7. The van der Waals surface area contributed by atoms with Crippen molar-refractivity contribution in [3.8, 4) is 11.5 Å². The molecule has 6 heterocycles. The molecular formula is C54H68ClN9O10S3. The SMILES string of the molecule is CCCCC(=O)C(C)(C)COc1cccc2c1C(N)=NS(=O)(=O)C2.Cc1cc(N)c2c(OCC(C)(C)C(=O)NC(C)C)cccc2n1.Cc1sc2c(c1C)C(=N)NC(=O)C2.Cc1sc2c(c1C)C(=NCl)NC(=O)C2.O=C=O. The van der Waals surface area contributed by atoms with Crippen molar-refractivity contribution >= 4 is 108 Å². The molecule has 414 valence electrons. The van der Waals surface area contributed by atoms with Crippen molar-refractivity contribution in [3.05, 3.63) is 101 Å². The van der Waals surface area contributed by atoms with E-state index >= 15 is 0 Å². The second-order valence-electron chi connectivity index (χ2n) is 20.0. The molecule has 0 atom stereocenters. The minimum Gasteiger partial charge on any atom is -0.492 e. The van der Waals surface area contributed by atoms with E-state index in [2.05, 4.69) is 29.8 Å². The number of nitrogens with one attached hydrogen (secondary N) is 4. The summed E-state index contributed by atoms with van der Waals surface area (Å²) in [6.45, 7) is 23.8. The molecule has 3 aliphatic rings. The Morgan fingerprint density at radius 2 is 1.42 bits per heavy atom. The number of Topliss-reactive ketones (excluding diaryl/α,β-unsaturated/α-hetero) is 1. The molecule has 77 heavy (non-hydrogen) atoms. The van der Waals surface area contributed by atoms with Gasteiger partial charge < -0.3 is 36.9 Å². The van der Waals surface area contributed by atoms with Crippen LogP contribution in [0.25, 0.3) is 10.9 Å². The number of anilines is 1. The number of aryl methyl sites for hydroxylation is 3. The third-order valence-corrected chi connectivity index (χ3v) is 16.0. The molecule has 3 aliphatic heterocycles. The maximum atomic E-state index is 12.3. The van der Waals surface area contributed by atoms with E-state index in [-0.39, 0.29) is 66.3 Å². The van der Waals surface area contributed by atoms with Crippen molar-refractivity contribution in [1.82, 2.24) is 20.9 Å². The minimum atomic E-state index is -3.58. The van der Waals surface area contributed by atoms with Gasteiger partial charge in [0.05, 0.1) is 45.9 Å². The lowest BCUT2D eigenvalue weighted by atomic mass is 9.86. The van der Waals surface area contributed by atoms with Gasteiger partial charge in [-0.1, -0.05) is 31.5 Å². The number of hydrogen-bond donors (Lipinski definition) is 6. The van der Waals surface area contributed by atoms with Crippen LogP contribution in [0.3, 0.4) is 0 Å². The number of aromatic nitrogens is 1. The van der Waals surface area contributed by atoms with Crippen LogP contribution < -0.4 is 36.9 Å². The van der Waals surface area contributed by atoms with E-state index in [4.69, 9.17) is 47.7 Å². The number of ketones is 1. The lowest BCUT2D eigenvalue weighted by Crippen LogP contribution is -2.43. The number of nitrogens with two attached hydrogens (primary N) is 2. The van der Waals surface area contributed by atoms with Crippen LogP contribution in [0.1, 0.15) is 126 Å². The number of benzene rings is 2. The van der Waals surface area contributed by atoms with Gasteiger partial charge in [0.15, 0.2) is 5.84 Å². The van der Waals surface area contributed by atoms with Crippen molar-refractivity contribution in [2.24, 2.45) is 25.5 Å². The van der Waals surface area contributed by atoms with Crippen molar-refractivity contribution in [1.29, 1.82) is 5.41 Å². The maximum Gasteiger partial charge on any atom is 0.373 e. The van der Waals surface area contributed by atoms with Gasteiger partial charge >= 0.3 is 6.15 Å². The number of unbranched alkanes of at least 4 members (excludes halogenated alkanes) is 1. The number of halogens is 1. The van der Waals surface area contributed by atoms with Crippen molar-refractivity contribution in [3.63, 3.8) is 0 Å². The molecule has 0 saturated heterocycles. The van der Waals surface area contributed by atoms with Gasteiger partial charge in [-0.2, -0.15) is 14.1 Å². The van der Waals surface area contributed by atoms with Crippen molar-refractivity contribution in [2.75, 3.05) is 18.9 Å². The van der Waals surface area contributed by atoms with Gasteiger partial charge in [0, 0.05) is 66.3 Å². The fourth-order valence-electron chi connectivity index (χ4n) is 7.99. The van der Waals surface area contributed by atoms with E-state index in [1.165, 1.54) is 9.75 Å². The molecule has 0 aliphatic carbocycles. The lowest BCUT2D eigenvalue weighted by Gasteiger charge is -2.25. The van der Waals surface area contributed by atoms with Gasteiger partial charge in [0.1, 0.15) is 42.2 Å². The molecule has 19 nitrogen and oxygen atoms in total. The Balaban J connectivity index is 0.000000224. The molecule has 8 rings (SSSR count). The zero-order valence-electron chi connectivity index (χ0n) is 45.5. The van der Waals surface area contributed by atoms with Gasteiger partial charge in [0.25, 0.3) is 10.0 Å². The summed E-state index contributed by atoms with van der Waals surface area (Å²) >= 11 is 8.69. The van der Waals surface area contributed by atoms with Crippen LogP contribution in [0, 0.1) is 50.9 Å². The fourth-order valence-corrected chi connectivity index (χ4v) is 11.6. The number of fused-ring (bicyclic) bond motifs is 4. The number of ether oxygens (including phenoxy) is 2. The highest BCUT2D eigenvalue weighted by Crippen LogP contribution is 2.34. The Labute approximate surface area is 462 Å². The fraction of sp³-hybridized carbons (Fsp3) is 0.426. The first kappa shape index (κ1) is 62.7. The standard InChI is InChI=1S/C18H25N3O2.C17H24N2O4S.C9H9ClN2OS.C9H10N2OS.CO2/c1-11(2)20-17(22)18(4,5)10-23-15-8-6-7-14-16(15)13(19)9-12(3)21-14;1-4-5-9-14(20)17(2,3)11-23-13-8-6-7-12-10-24(21,22)19-16(18)15(12)13;1-4-5(2)14-6-3-7(13)11-9(12-10)8(4)6;1-4-5(2)13-6-3-7(12)11-9(10)8(4)6;2-1-3/h6-9,11H,10H2,1-5H3,(H2,19,21)(H,20,22);6-8H,4-5,9-11H2,1-3H3,(H2,18,19);3H2,1-2H3,(H,11,12,13);3H2,1-2H3,(H2,10,11,12);. The third kappa shape index (κ3) is 16.6. The first-order chi connectivity index (χ1) is 36.0. The van der Waals surface area contributed by atoms with E-state index in [0.29, 0.717) is 53.4 Å². The number of nitrogens with zero attached hydrogens (tertiary/aromatic N) is 3. The monoisotopic (exact) mass is 1130 g/mol. The van der Waals surface area contributed by atoms with E-state index < -0.39 is 20.9 Å². The summed E-state index contributed by atoms with van der Waals surface area (Å²) < 4.78 is 42.3. The Bertz CT molecular complexity index is 3260. The van der Waals surface area contributed by atoms with Crippen LogP contribution >= 0.6 is 34.5 Å². The summed E-state index contributed by atoms with van der Waals surface area (Å²) in [5.74, 6) is 1.59. The Kier molecular flexibility index (Phi) is 22.0. The number of amidine groups is 3. The smallest absolute Gasteiger partial charge is 0.373 e. The summed E-state index contributed by atoms with van der Waals surface area (Å²) in [5.41, 5.74) is 18.3. The van der Waals surface area contributed by atoms with Gasteiger partial charge in [-0.3, -0.25) is 29.6 Å². The molecule has 0 unspecified atom stereocenters. The van der Waals surface area contributed by atoms with Crippen LogP contribution in [0.2, 0.25) is 0 Å². The largest absolute Gasteiger partial charge is 0.492 e. The molecule has 2 aromatic carbocycles. The van der Waals surface area contributed by atoms with E-state index in [0.717, 1.165) is 61.4 Å². The number of nitrogen functional groups attached to an aromatic ring is 1. The molecule has 0 fully saturated rings. The Morgan fingerprint density at radius 1 is 0.870 bits per heavy atom. The number of hydrogen-bond acceptors (Lipinski definition) is 17. The highest BCUT2D eigenvalue weighted by molar-refractivity contribution is 7.89. The maximum absolute atomic E-state index is 12.3. The molecule has 8 N–H and O–H groups in total. The minimum absolute atomic E-state index is 0.0327. The average molecular weight is 1130 g/mol. The van der Waals surface area contributed by atoms with Gasteiger partial charge in [-0.25, -0.2) is 8.42 Å². The van der Waals surface area contributed by atoms with E-state index in [1.54, 1.807) is 40.9 Å². The highest BCUT2D eigenvalue weighted by atomic mass is 35.5. The lowest BCUT2D eigenvalue weighted by molar-refractivity contribution is -0.191. The number of carbonyl (C=O) groups excluding carboxylic acids is 6. The topological polar surface area (TPSA) is 305 Å². The predicted molar refractivity (Wildman–Crippen MR) is 303 cm³/mol. The van der Waals surface area contributed by atoms with E-state index in [1.807, 2.05) is 107 Å². The molecule has 0 bridgehead atoms. The first-order valence-electron chi connectivity index (χ1n) is 24.5.